The van der Waals surface area contributed by atoms with Gasteiger partial charge in [-0.15, -0.1) is 0 Å². The summed E-state index contributed by atoms with van der Waals surface area (Å²) >= 11 is 0. The molecule has 0 spiro atoms. The number of non-ortho nitro benzene ring substituents is 1. The van der Waals surface area contributed by atoms with Crippen LogP contribution < -0.4 is 10.1 Å². The van der Waals surface area contributed by atoms with Crippen molar-refractivity contribution >= 4 is 11.6 Å². The molecule has 0 saturated heterocycles. The predicted molar refractivity (Wildman–Crippen MR) is 72.4 cm³/mol. The molecule has 0 heterocycles. The summed E-state index contributed by atoms with van der Waals surface area (Å²) < 4.78 is 5.19. The molecule has 0 aliphatic heterocycles. The fraction of sp³-hybridized carbons (Fsp3) is 0.462. The summed E-state index contributed by atoms with van der Waals surface area (Å²) in [6.07, 6.45) is 0. The molecule has 20 heavy (non-hydrogen) atoms. The van der Waals surface area contributed by atoms with Crippen molar-refractivity contribution in [1.82, 2.24) is 5.32 Å². The van der Waals surface area contributed by atoms with Crippen LogP contribution in [-0.2, 0) is 4.79 Å². The van der Waals surface area contributed by atoms with E-state index in [1.54, 1.807) is 0 Å². The molecular weight excluding hydrogens is 264 g/mol. The van der Waals surface area contributed by atoms with Crippen molar-refractivity contribution in [1.29, 1.82) is 0 Å². The SMILES string of the molecule is CC(C)[C@@H](CO)NC(=O)COc1cccc([N+](=O)[O-])c1. The minimum atomic E-state index is -0.534. The number of nitrogens with one attached hydrogen (secondary N) is 1. The Bertz CT molecular complexity index is 476. The maximum atomic E-state index is 11.6. The van der Waals surface area contributed by atoms with Crippen LogP contribution in [0.2, 0.25) is 0 Å². The Hall–Kier alpha value is -2.15. The van der Waals surface area contributed by atoms with Gasteiger partial charge in [0.1, 0.15) is 5.75 Å². The van der Waals surface area contributed by atoms with Gasteiger partial charge >= 0.3 is 0 Å². The zero-order valence-corrected chi connectivity index (χ0v) is 11.4. The quantitative estimate of drug-likeness (QED) is 0.576. The maximum absolute atomic E-state index is 11.6. The number of hydrogen-bond donors (Lipinski definition) is 2. The number of carbonyl (C=O) groups excluding carboxylic acids is 1. The first-order chi connectivity index (χ1) is 9.43. The van der Waals surface area contributed by atoms with Gasteiger partial charge in [-0.05, 0) is 12.0 Å². The van der Waals surface area contributed by atoms with E-state index >= 15 is 0 Å². The molecule has 1 aromatic rings. The minimum absolute atomic E-state index is 0.0988. The number of amides is 1. The lowest BCUT2D eigenvalue weighted by Crippen LogP contribution is -2.43. The number of aliphatic hydroxyl groups is 1. The number of aliphatic hydroxyl groups excluding tert-OH is 1. The molecule has 0 aliphatic rings. The summed E-state index contributed by atoms with van der Waals surface area (Å²) in [6.45, 7) is 3.34. The zero-order chi connectivity index (χ0) is 15.1. The second-order valence-electron chi connectivity index (χ2n) is 4.64. The fourth-order valence-corrected chi connectivity index (χ4v) is 1.51. The third kappa shape index (κ3) is 4.85. The Balaban J connectivity index is 2.52. The van der Waals surface area contributed by atoms with Gasteiger partial charge < -0.3 is 15.2 Å². The van der Waals surface area contributed by atoms with Crippen LogP contribution in [0.1, 0.15) is 13.8 Å². The Morgan fingerprint density at radius 2 is 2.20 bits per heavy atom. The number of nitrogens with zero attached hydrogens (tertiary/aromatic N) is 1. The maximum Gasteiger partial charge on any atom is 0.273 e. The molecule has 0 bridgehead atoms. The molecule has 7 heteroatoms. The van der Waals surface area contributed by atoms with E-state index in [0.717, 1.165) is 0 Å². The van der Waals surface area contributed by atoms with E-state index in [4.69, 9.17) is 9.84 Å². The van der Waals surface area contributed by atoms with Crippen LogP contribution in [0.15, 0.2) is 24.3 Å². The van der Waals surface area contributed by atoms with Gasteiger partial charge in [0, 0.05) is 6.07 Å². The number of nitro benzene ring substituents is 1. The smallest absolute Gasteiger partial charge is 0.273 e. The van der Waals surface area contributed by atoms with Crippen molar-refractivity contribution in [2.75, 3.05) is 13.2 Å². The standard InChI is InChI=1S/C13H18N2O5/c1-9(2)12(7-16)14-13(17)8-20-11-5-3-4-10(6-11)15(18)19/h3-6,9,12,16H,7-8H2,1-2H3,(H,14,17)/t12-/m1/s1. The first-order valence-corrected chi connectivity index (χ1v) is 6.21. The highest BCUT2D eigenvalue weighted by Crippen LogP contribution is 2.18. The Kier molecular flexibility index (Phi) is 5.92. The molecule has 1 rings (SSSR count). The van der Waals surface area contributed by atoms with Crippen LogP contribution >= 0.6 is 0 Å². The van der Waals surface area contributed by atoms with Crippen LogP contribution in [0.25, 0.3) is 0 Å². The second-order valence-corrected chi connectivity index (χ2v) is 4.64. The van der Waals surface area contributed by atoms with E-state index in [2.05, 4.69) is 5.32 Å². The van der Waals surface area contributed by atoms with Crippen LogP contribution in [0.5, 0.6) is 5.75 Å². The van der Waals surface area contributed by atoms with Gasteiger partial charge in [0.05, 0.1) is 23.6 Å². The van der Waals surface area contributed by atoms with Gasteiger partial charge in [0.25, 0.3) is 11.6 Å². The predicted octanol–water partition coefficient (Wildman–Crippen LogP) is 1.11. The van der Waals surface area contributed by atoms with E-state index in [1.807, 2.05) is 13.8 Å². The van der Waals surface area contributed by atoms with Crippen molar-refractivity contribution in [2.45, 2.75) is 19.9 Å². The van der Waals surface area contributed by atoms with Crippen LogP contribution in [0, 0.1) is 16.0 Å². The molecule has 0 aliphatic carbocycles. The molecule has 110 valence electrons. The topological polar surface area (TPSA) is 102 Å². The van der Waals surface area contributed by atoms with Crippen molar-refractivity contribution in [3.8, 4) is 5.75 Å². The number of hydrogen-bond acceptors (Lipinski definition) is 5. The second kappa shape index (κ2) is 7.44. The molecule has 0 radical (unpaired) electrons. The highest BCUT2D eigenvalue weighted by Gasteiger charge is 2.15. The van der Waals surface area contributed by atoms with Gasteiger partial charge in [-0.1, -0.05) is 19.9 Å². The van der Waals surface area contributed by atoms with E-state index in [-0.39, 0.29) is 42.5 Å². The molecule has 0 fully saturated rings. The van der Waals surface area contributed by atoms with E-state index in [1.165, 1.54) is 24.3 Å². The monoisotopic (exact) mass is 282 g/mol. The van der Waals surface area contributed by atoms with Gasteiger partial charge in [-0.25, -0.2) is 0 Å². The lowest BCUT2D eigenvalue weighted by atomic mass is 10.1. The number of nitro groups is 1. The molecule has 1 amide bonds. The number of ether oxygens (including phenoxy) is 1. The third-order valence-corrected chi connectivity index (χ3v) is 2.75. The zero-order valence-electron chi connectivity index (χ0n) is 11.4. The average molecular weight is 282 g/mol. The van der Waals surface area contributed by atoms with Gasteiger partial charge in [-0.2, -0.15) is 0 Å². The normalized spacial score (nSPS) is 12.0. The Morgan fingerprint density at radius 1 is 1.50 bits per heavy atom. The summed E-state index contributed by atoms with van der Waals surface area (Å²) in [5, 5.41) is 22.3. The number of carbonyl (C=O) groups is 1. The van der Waals surface area contributed by atoms with Crippen LogP contribution in [-0.4, -0.2) is 35.2 Å². The molecule has 0 aromatic heterocycles. The lowest BCUT2D eigenvalue weighted by Gasteiger charge is -2.19. The average Bonchev–Trinajstić information content (AvgIpc) is 2.42. The number of rotatable bonds is 7. The van der Waals surface area contributed by atoms with Crippen molar-refractivity contribution < 1.29 is 19.6 Å². The summed E-state index contributed by atoms with van der Waals surface area (Å²) in [5.41, 5.74) is -0.0988. The largest absolute Gasteiger partial charge is 0.484 e. The first-order valence-electron chi connectivity index (χ1n) is 6.21. The molecule has 7 nitrogen and oxygen atoms in total. The summed E-state index contributed by atoms with van der Waals surface area (Å²) in [7, 11) is 0. The fourth-order valence-electron chi connectivity index (χ4n) is 1.51. The van der Waals surface area contributed by atoms with Gasteiger partial charge in [0.2, 0.25) is 0 Å². The first kappa shape index (κ1) is 15.9. The Morgan fingerprint density at radius 3 is 2.75 bits per heavy atom. The molecule has 0 unspecified atom stereocenters. The molecule has 0 saturated carbocycles. The lowest BCUT2D eigenvalue weighted by molar-refractivity contribution is -0.384. The molecule has 1 aromatic carbocycles. The van der Waals surface area contributed by atoms with Crippen molar-refractivity contribution in [3.05, 3.63) is 34.4 Å². The van der Waals surface area contributed by atoms with E-state index < -0.39 is 4.92 Å². The summed E-state index contributed by atoms with van der Waals surface area (Å²) in [5.74, 6) is -0.0366. The Labute approximate surface area is 116 Å². The molecule has 2 N–H and O–H groups in total. The number of benzene rings is 1. The highest BCUT2D eigenvalue weighted by atomic mass is 16.6. The van der Waals surface area contributed by atoms with Crippen molar-refractivity contribution in [2.24, 2.45) is 5.92 Å². The van der Waals surface area contributed by atoms with Crippen LogP contribution in [0.3, 0.4) is 0 Å². The molecule has 1 atom stereocenters. The van der Waals surface area contributed by atoms with Gasteiger partial charge in [0.15, 0.2) is 6.61 Å². The summed E-state index contributed by atoms with van der Waals surface area (Å²) in [4.78, 5) is 21.7. The third-order valence-electron chi connectivity index (χ3n) is 2.75. The van der Waals surface area contributed by atoms with Gasteiger partial charge in [-0.3, -0.25) is 14.9 Å². The van der Waals surface area contributed by atoms with E-state index in [0.29, 0.717) is 0 Å². The van der Waals surface area contributed by atoms with Crippen LogP contribution in [0.4, 0.5) is 5.69 Å². The summed E-state index contributed by atoms with van der Waals surface area (Å²) in [6, 6.07) is 5.27. The minimum Gasteiger partial charge on any atom is -0.484 e. The molecular formula is C13H18N2O5. The highest BCUT2D eigenvalue weighted by molar-refractivity contribution is 5.77. The van der Waals surface area contributed by atoms with Crippen molar-refractivity contribution in [3.63, 3.8) is 0 Å². The van der Waals surface area contributed by atoms with E-state index in [9.17, 15) is 14.9 Å².